The number of aliphatic hydroxyl groups excluding tert-OH is 1. The molecular formula is C3H4NNaO4. The van der Waals surface area contributed by atoms with Crippen LogP contribution in [-0.2, 0) is 4.79 Å². The fraction of sp³-hybridized carbons (Fsp3) is 0.667. The molecule has 0 saturated heterocycles. The summed E-state index contributed by atoms with van der Waals surface area (Å²) in [5.41, 5.74) is 0. The third kappa shape index (κ3) is 4.53. The van der Waals surface area contributed by atoms with Gasteiger partial charge in [-0.3, -0.25) is 0 Å². The number of aliphatic carboxylic acids is 1. The van der Waals surface area contributed by atoms with Gasteiger partial charge >= 0.3 is 29.6 Å². The number of hydrogen-bond donors (Lipinski definition) is 1. The number of carbonyl (C=O) groups excluding carboxylic acids is 1. The fourth-order valence-electron chi connectivity index (χ4n) is 0.151. The second-order valence-electron chi connectivity index (χ2n) is 1.12. The number of nitrogens with zero attached hydrogens (tertiary/aromatic N) is 1. The molecule has 0 heterocycles. The van der Waals surface area contributed by atoms with Crippen LogP contribution in [0.3, 0.4) is 0 Å². The van der Waals surface area contributed by atoms with Crippen molar-refractivity contribution in [3.05, 3.63) is 4.91 Å². The average Bonchev–Trinajstić information content (AvgIpc) is 1.69. The van der Waals surface area contributed by atoms with Gasteiger partial charge in [0.15, 0.2) is 6.04 Å². The van der Waals surface area contributed by atoms with Crippen LogP contribution in [0.2, 0.25) is 0 Å². The van der Waals surface area contributed by atoms with Gasteiger partial charge < -0.3 is 15.0 Å². The molecule has 0 rings (SSSR count). The Morgan fingerprint density at radius 1 is 1.78 bits per heavy atom. The van der Waals surface area contributed by atoms with Crippen molar-refractivity contribution in [3.63, 3.8) is 0 Å². The second-order valence-corrected chi connectivity index (χ2v) is 1.12. The van der Waals surface area contributed by atoms with Crippen molar-refractivity contribution >= 4 is 5.97 Å². The Hall–Kier alpha value is 0.0300. The van der Waals surface area contributed by atoms with Crippen LogP contribution < -0.4 is 34.7 Å². The van der Waals surface area contributed by atoms with Crippen molar-refractivity contribution in [1.29, 1.82) is 0 Å². The van der Waals surface area contributed by atoms with Crippen molar-refractivity contribution in [2.45, 2.75) is 6.04 Å². The number of rotatable bonds is 3. The van der Waals surface area contributed by atoms with Gasteiger partial charge in [0.25, 0.3) is 0 Å². The van der Waals surface area contributed by atoms with E-state index in [0.29, 0.717) is 0 Å². The summed E-state index contributed by atoms with van der Waals surface area (Å²) in [7, 11) is 0. The average molecular weight is 141 g/mol. The Morgan fingerprint density at radius 3 is 2.22 bits per heavy atom. The van der Waals surface area contributed by atoms with Crippen molar-refractivity contribution in [1.82, 2.24) is 0 Å². The van der Waals surface area contributed by atoms with Crippen LogP contribution >= 0.6 is 0 Å². The maximum absolute atomic E-state index is 9.60. The molecule has 0 fully saturated rings. The molecule has 5 nitrogen and oxygen atoms in total. The van der Waals surface area contributed by atoms with Gasteiger partial charge in [-0.15, -0.1) is 0 Å². The van der Waals surface area contributed by atoms with E-state index in [2.05, 4.69) is 0 Å². The van der Waals surface area contributed by atoms with Crippen LogP contribution in [0.1, 0.15) is 0 Å². The Kier molecular flexibility index (Phi) is 8.06. The number of hydrogen-bond acceptors (Lipinski definition) is 5. The van der Waals surface area contributed by atoms with Gasteiger partial charge in [0.2, 0.25) is 0 Å². The minimum absolute atomic E-state index is 0. The summed E-state index contributed by atoms with van der Waals surface area (Å²) in [6.07, 6.45) is 0. The van der Waals surface area contributed by atoms with Gasteiger partial charge in [-0.25, -0.2) is 0 Å². The van der Waals surface area contributed by atoms with E-state index >= 15 is 0 Å². The van der Waals surface area contributed by atoms with Gasteiger partial charge in [0, 0.05) is 0 Å². The van der Waals surface area contributed by atoms with Crippen molar-refractivity contribution in [2.24, 2.45) is 5.18 Å². The maximum Gasteiger partial charge on any atom is 1.00 e. The van der Waals surface area contributed by atoms with E-state index in [1.807, 2.05) is 5.18 Å². The first-order valence-electron chi connectivity index (χ1n) is 1.86. The summed E-state index contributed by atoms with van der Waals surface area (Å²) in [4.78, 5) is 18.9. The SMILES string of the molecule is O=N[C@@H](CO)C(=O)[O-].[Na+]. The molecule has 0 aromatic carbocycles. The Morgan fingerprint density at radius 2 is 2.22 bits per heavy atom. The number of aliphatic hydroxyl groups is 1. The number of carbonyl (C=O) groups is 1. The van der Waals surface area contributed by atoms with Gasteiger partial charge in [-0.1, -0.05) is 5.18 Å². The molecule has 1 atom stereocenters. The standard InChI is InChI=1S/C3H5NO4.Na/c5-1-2(4-8)3(6)7;/h2,5H,1H2,(H,6,7);/q;+1/p-1/t2-;/m0./s1. The van der Waals surface area contributed by atoms with Crippen LogP contribution in [0, 0.1) is 4.91 Å². The first kappa shape index (κ1) is 11.8. The summed E-state index contributed by atoms with van der Waals surface area (Å²) in [5, 5.41) is 19.6. The van der Waals surface area contributed by atoms with Crippen LogP contribution in [-0.4, -0.2) is 23.7 Å². The van der Waals surface area contributed by atoms with Crippen LogP contribution in [0.25, 0.3) is 0 Å². The molecule has 0 aliphatic carbocycles. The van der Waals surface area contributed by atoms with Crippen LogP contribution in [0.5, 0.6) is 0 Å². The Balaban J connectivity index is 0. The monoisotopic (exact) mass is 141 g/mol. The molecule has 0 aromatic rings. The predicted molar refractivity (Wildman–Crippen MR) is 21.7 cm³/mol. The molecule has 9 heavy (non-hydrogen) atoms. The van der Waals surface area contributed by atoms with Crippen LogP contribution in [0.4, 0.5) is 0 Å². The van der Waals surface area contributed by atoms with E-state index in [1.54, 1.807) is 0 Å². The molecule has 6 heteroatoms. The van der Waals surface area contributed by atoms with E-state index in [9.17, 15) is 14.8 Å². The first-order chi connectivity index (χ1) is 3.72. The molecule has 0 aliphatic heterocycles. The van der Waals surface area contributed by atoms with Crippen molar-refractivity contribution in [3.8, 4) is 0 Å². The zero-order valence-corrected chi connectivity index (χ0v) is 6.90. The van der Waals surface area contributed by atoms with Crippen LogP contribution in [0.15, 0.2) is 5.18 Å². The molecule has 0 saturated carbocycles. The number of carboxylic acids is 1. The molecule has 46 valence electrons. The minimum Gasteiger partial charge on any atom is -0.548 e. The molecular weight excluding hydrogens is 137 g/mol. The third-order valence-corrected chi connectivity index (χ3v) is 0.572. The molecule has 0 amide bonds. The molecule has 0 aliphatic rings. The zero-order chi connectivity index (χ0) is 6.57. The fourth-order valence-corrected chi connectivity index (χ4v) is 0.151. The molecule has 1 N–H and O–H groups in total. The number of nitroso groups, excluding NO2 is 1. The topological polar surface area (TPSA) is 89.8 Å². The third-order valence-electron chi connectivity index (χ3n) is 0.572. The minimum atomic E-state index is -1.65. The Labute approximate surface area is 73.3 Å². The van der Waals surface area contributed by atoms with Crippen molar-refractivity contribution < 1.29 is 44.6 Å². The van der Waals surface area contributed by atoms with E-state index < -0.39 is 18.6 Å². The summed E-state index contributed by atoms with van der Waals surface area (Å²) in [6.45, 7) is -0.800. The second kappa shape index (κ2) is 6.15. The zero-order valence-electron chi connectivity index (χ0n) is 4.90. The van der Waals surface area contributed by atoms with Gasteiger partial charge in [-0.2, -0.15) is 4.91 Å². The maximum atomic E-state index is 9.60. The summed E-state index contributed by atoms with van der Waals surface area (Å²) in [5.74, 6) is -1.65. The normalized spacial score (nSPS) is 11.2. The van der Waals surface area contributed by atoms with Gasteiger partial charge in [0.05, 0.1) is 12.6 Å². The van der Waals surface area contributed by atoms with E-state index in [-0.39, 0.29) is 29.6 Å². The first-order valence-corrected chi connectivity index (χ1v) is 1.86. The number of carboxylic acid groups (broad SMARTS) is 1. The largest absolute Gasteiger partial charge is 1.00 e. The summed E-state index contributed by atoms with van der Waals surface area (Å²) in [6, 6.07) is -1.62. The summed E-state index contributed by atoms with van der Waals surface area (Å²) < 4.78 is 0. The predicted octanol–water partition coefficient (Wildman–Crippen LogP) is -5.13. The molecule has 0 spiro atoms. The molecule has 0 aromatic heterocycles. The summed E-state index contributed by atoms with van der Waals surface area (Å²) >= 11 is 0. The molecule has 0 bridgehead atoms. The van der Waals surface area contributed by atoms with E-state index in [4.69, 9.17) is 5.11 Å². The van der Waals surface area contributed by atoms with Crippen molar-refractivity contribution in [2.75, 3.05) is 6.61 Å². The van der Waals surface area contributed by atoms with Gasteiger partial charge in [0.1, 0.15) is 0 Å². The van der Waals surface area contributed by atoms with E-state index in [1.165, 1.54) is 0 Å². The van der Waals surface area contributed by atoms with Gasteiger partial charge in [-0.05, 0) is 0 Å². The van der Waals surface area contributed by atoms with E-state index in [0.717, 1.165) is 0 Å². The Bertz CT molecular complexity index is 106. The molecule has 0 radical (unpaired) electrons. The quantitative estimate of drug-likeness (QED) is 0.314. The molecule has 0 unspecified atom stereocenters. The smallest absolute Gasteiger partial charge is 0.548 e.